The SMILES string of the molecule is CC[C@@H](C)c1ccccc1NC(=O)c1ccc(OC)c([N+](=O)[O-])c1. The fraction of sp³-hybridized carbons (Fsp3) is 0.278. The Labute approximate surface area is 140 Å². The van der Waals surface area contributed by atoms with E-state index in [1.54, 1.807) is 0 Å². The number of methoxy groups -OCH3 is 1. The molecule has 0 fully saturated rings. The van der Waals surface area contributed by atoms with Crippen LogP contribution in [0.5, 0.6) is 5.75 Å². The molecule has 2 aromatic rings. The molecule has 0 aromatic heterocycles. The molecule has 0 saturated heterocycles. The molecular weight excluding hydrogens is 308 g/mol. The monoisotopic (exact) mass is 328 g/mol. The molecule has 0 saturated carbocycles. The summed E-state index contributed by atoms with van der Waals surface area (Å²) in [5.74, 6) is 0.0276. The number of para-hydroxylation sites is 1. The van der Waals surface area contributed by atoms with Gasteiger partial charge in [-0.1, -0.05) is 32.0 Å². The van der Waals surface area contributed by atoms with E-state index in [0.717, 1.165) is 17.7 Å². The second-order valence-electron chi connectivity index (χ2n) is 5.49. The van der Waals surface area contributed by atoms with Crippen LogP contribution >= 0.6 is 0 Å². The lowest BCUT2D eigenvalue weighted by atomic mass is 9.97. The summed E-state index contributed by atoms with van der Waals surface area (Å²) in [6, 6.07) is 11.7. The van der Waals surface area contributed by atoms with Gasteiger partial charge >= 0.3 is 5.69 Å². The predicted octanol–water partition coefficient (Wildman–Crippen LogP) is 4.37. The van der Waals surface area contributed by atoms with Crippen molar-refractivity contribution in [3.05, 3.63) is 63.7 Å². The molecule has 0 unspecified atom stereocenters. The molecule has 0 heterocycles. The van der Waals surface area contributed by atoms with Crippen molar-refractivity contribution >= 4 is 17.3 Å². The third-order valence-corrected chi connectivity index (χ3v) is 3.99. The number of benzene rings is 2. The summed E-state index contributed by atoms with van der Waals surface area (Å²) < 4.78 is 4.95. The van der Waals surface area contributed by atoms with Crippen molar-refractivity contribution in [2.75, 3.05) is 12.4 Å². The fourth-order valence-corrected chi connectivity index (χ4v) is 2.43. The minimum absolute atomic E-state index is 0.122. The molecule has 0 aliphatic heterocycles. The average molecular weight is 328 g/mol. The predicted molar refractivity (Wildman–Crippen MR) is 92.7 cm³/mol. The van der Waals surface area contributed by atoms with Gasteiger partial charge in [0.15, 0.2) is 5.75 Å². The van der Waals surface area contributed by atoms with E-state index in [9.17, 15) is 14.9 Å². The number of nitro benzene ring substituents is 1. The zero-order chi connectivity index (χ0) is 17.7. The van der Waals surface area contributed by atoms with E-state index in [4.69, 9.17) is 4.74 Å². The number of carbonyl (C=O) groups excluding carboxylic acids is 1. The number of hydrogen-bond donors (Lipinski definition) is 1. The van der Waals surface area contributed by atoms with Crippen LogP contribution in [0, 0.1) is 10.1 Å². The number of amides is 1. The smallest absolute Gasteiger partial charge is 0.311 e. The molecule has 126 valence electrons. The van der Waals surface area contributed by atoms with Crippen molar-refractivity contribution < 1.29 is 14.5 Å². The molecular formula is C18H20N2O4. The number of anilines is 1. The lowest BCUT2D eigenvalue weighted by Gasteiger charge is -2.15. The topological polar surface area (TPSA) is 81.5 Å². The van der Waals surface area contributed by atoms with Crippen LogP contribution < -0.4 is 10.1 Å². The standard InChI is InChI=1S/C18H20N2O4/c1-4-12(2)14-7-5-6-8-15(14)19-18(21)13-9-10-17(24-3)16(11-13)20(22)23/h5-12H,4H2,1-3H3,(H,19,21)/t12-/m1/s1. The van der Waals surface area contributed by atoms with Crippen molar-refractivity contribution in [3.63, 3.8) is 0 Å². The van der Waals surface area contributed by atoms with Crippen LogP contribution in [0.4, 0.5) is 11.4 Å². The Kier molecular flexibility index (Phi) is 5.52. The van der Waals surface area contributed by atoms with Gasteiger partial charge in [-0.3, -0.25) is 14.9 Å². The third-order valence-electron chi connectivity index (χ3n) is 3.99. The van der Waals surface area contributed by atoms with Gasteiger partial charge in [0, 0.05) is 17.3 Å². The molecule has 1 atom stereocenters. The van der Waals surface area contributed by atoms with Gasteiger partial charge in [-0.25, -0.2) is 0 Å². The molecule has 6 nitrogen and oxygen atoms in total. The Balaban J connectivity index is 2.31. The van der Waals surface area contributed by atoms with Crippen LogP contribution in [-0.4, -0.2) is 17.9 Å². The minimum atomic E-state index is -0.567. The number of nitro groups is 1. The van der Waals surface area contributed by atoms with E-state index in [2.05, 4.69) is 19.2 Å². The van der Waals surface area contributed by atoms with E-state index < -0.39 is 10.8 Å². The Hall–Kier alpha value is -2.89. The van der Waals surface area contributed by atoms with Gasteiger partial charge in [0.25, 0.3) is 5.91 Å². The van der Waals surface area contributed by atoms with E-state index >= 15 is 0 Å². The van der Waals surface area contributed by atoms with Crippen molar-refractivity contribution in [3.8, 4) is 5.75 Å². The highest BCUT2D eigenvalue weighted by Gasteiger charge is 2.19. The highest BCUT2D eigenvalue weighted by molar-refractivity contribution is 6.05. The second kappa shape index (κ2) is 7.59. The molecule has 2 aromatic carbocycles. The number of carbonyl (C=O) groups is 1. The molecule has 0 aliphatic rings. The van der Waals surface area contributed by atoms with Crippen LogP contribution in [0.1, 0.15) is 42.1 Å². The highest BCUT2D eigenvalue weighted by Crippen LogP contribution is 2.29. The first-order valence-electron chi connectivity index (χ1n) is 7.70. The number of hydrogen-bond acceptors (Lipinski definition) is 4. The molecule has 0 spiro atoms. The lowest BCUT2D eigenvalue weighted by Crippen LogP contribution is -2.14. The maximum Gasteiger partial charge on any atom is 0.311 e. The molecule has 6 heteroatoms. The maximum atomic E-state index is 12.5. The summed E-state index contributed by atoms with van der Waals surface area (Å²) in [6.07, 6.45) is 0.945. The van der Waals surface area contributed by atoms with Gasteiger partial charge < -0.3 is 10.1 Å². The summed E-state index contributed by atoms with van der Waals surface area (Å²) in [5, 5.41) is 13.9. The largest absolute Gasteiger partial charge is 0.490 e. The molecule has 0 radical (unpaired) electrons. The lowest BCUT2D eigenvalue weighted by molar-refractivity contribution is -0.385. The van der Waals surface area contributed by atoms with Crippen LogP contribution in [0.15, 0.2) is 42.5 Å². The quantitative estimate of drug-likeness (QED) is 0.630. The normalized spacial score (nSPS) is 11.6. The maximum absolute atomic E-state index is 12.5. The van der Waals surface area contributed by atoms with Gasteiger partial charge in [0.1, 0.15) is 0 Å². The second-order valence-corrected chi connectivity index (χ2v) is 5.49. The number of nitrogens with one attached hydrogen (secondary N) is 1. The van der Waals surface area contributed by atoms with Crippen molar-refractivity contribution in [2.45, 2.75) is 26.2 Å². The zero-order valence-electron chi connectivity index (χ0n) is 13.9. The summed E-state index contributed by atoms with van der Waals surface area (Å²) in [7, 11) is 1.35. The number of nitrogens with zero attached hydrogens (tertiary/aromatic N) is 1. The van der Waals surface area contributed by atoms with Gasteiger partial charge in [0.05, 0.1) is 12.0 Å². The summed E-state index contributed by atoms with van der Waals surface area (Å²) in [4.78, 5) is 23.0. The number of rotatable bonds is 6. The molecule has 0 bridgehead atoms. The average Bonchev–Trinajstić information content (AvgIpc) is 2.60. The summed E-state index contributed by atoms with van der Waals surface area (Å²) in [6.45, 7) is 4.17. The molecule has 1 N–H and O–H groups in total. The Morgan fingerprint density at radius 3 is 2.62 bits per heavy atom. The van der Waals surface area contributed by atoms with Crippen LogP contribution in [0.2, 0.25) is 0 Å². The van der Waals surface area contributed by atoms with Gasteiger partial charge in [-0.15, -0.1) is 0 Å². The van der Waals surface area contributed by atoms with E-state index in [-0.39, 0.29) is 17.0 Å². The molecule has 24 heavy (non-hydrogen) atoms. The summed E-state index contributed by atoms with van der Waals surface area (Å²) in [5.41, 5.74) is 1.73. The molecule has 0 aliphatic carbocycles. The van der Waals surface area contributed by atoms with Crippen molar-refractivity contribution in [1.82, 2.24) is 0 Å². The van der Waals surface area contributed by atoms with Crippen molar-refractivity contribution in [2.24, 2.45) is 0 Å². The Morgan fingerprint density at radius 1 is 1.29 bits per heavy atom. The van der Waals surface area contributed by atoms with Gasteiger partial charge in [-0.2, -0.15) is 0 Å². The Morgan fingerprint density at radius 2 is 2.00 bits per heavy atom. The first-order valence-corrected chi connectivity index (χ1v) is 7.70. The first kappa shape index (κ1) is 17.5. The fourth-order valence-electron chi connectivity index (χ4n) is 2.43. The van der Waals surface area contributed by atoms with Crippen LogP contribution in [-0.2, 0) is 0 Å². The van der Waals surface area contributed by atoms with E-state index in [0.29, 0.717) is 5.92 Å². The van der Waals surface area contributed by atoms with Crippen LogP contribution in [0.25, 0.3) is 0 Å². The Bertz CT molecular complexity index is 758. The molecule has 2 rings (SSSR count). The van der Waals surface area contributed by atoms with Crippen molar-refractivity contribution in [1.29, 1.82) is 0 Å². The van der Waals surface area contributed by atoms with Gasteiger partial charge in [0.2, 0.25) is 0 Å². The first-order chi connectivity index (χ1) is 11.5. The summed E-state index contributed by atoms with van der Waals surface area (Å²) >= 11 is 0. The zero-order valence-corrected chi connectivity index (χ0v) is 13.9. The third kappa shape index (κ3) is 3.71. The number of ether oxygens (including phenoxy) is 1. The minimum Gasteiger partial charge on any atom is -0.490 e. The highest BCUT2D eigenvalue weighted by atomic mass is 16.6. The van der Waals surface area contributed by atoms with E-state index in [1.165, 1.54) is 25.3 Å². The van der Waals surface area contributed by atoms with Crippen LogP contribution in [0.3, 0.4) is 0 Å². The van der Waals surface area contributed by atoms with Gasteiger partial charge in [-0.05, 0) is 36.1 Å². The molecule has 1 amide bonds. The van der Waals surface area contributed by atoms with E-state index in [1.807, 2.05) is 24.3 Å².